The van der Waals surface area contributed by atoms with Gasteiger partial charge >= 0.3 is 0 Å². The van der Waals surface area contributed by atoms with Crippen molar-refractivity contribution in [3.63, 3.8) is 0 Å². The number of aliphatic imine (C=N–C) groups is 1. The Hall–Kier alpha value is -0.930. The fourth-order valence-electron chi connectivity index (χ4n) is 3.32. The molecule has 5 nitrogen and oxygen atoms in total. The molecule has 0 radical (unpaired) electrons. The summed E-state index contributed by atoms with van der Waals surface area (Å²) in [5, 5.41) is 6.97. The van der Waals surface area contributed by atoms with Crippen LogP contribution in [-0.4, -0.2) is 56.8 Å². The highest BCUT2D eigenvalue weighted by Gasteiger charge is 2.33. The normalized spacial score (nSPS) is 20.8. The lowest BCUT2D eigenvalue weighted by Gasteiger charge is -2.39. The molecule has 0 aromatic heterocycles. The maximum Gasteiger partial charge on any atom is 0.191 e. The number of guanidine groups is 1. The van der Waals surface area contributed by atoms with E-state index in [0.29, 0.717) is 6.04 Å². The van der Waals surface area contributed by atoms with Crippen molar-refractivity contribution in [2.24, 2.45) is 10.4 Å². The number of benzene rings is 1. The summed E-state index contributed by atoms with van der Waals surface area (Å²) in [5.41, 5.74) is 1.40. The topological polar surface area (TPSA) is 48.9 Å². The van der Waals surface area contributed by atoms with Crippen LogP contribution in [0.15, 0.2) is 29.3 Å². The van der Waals surface area contributed by atoms with Gasteiger partial charge < -0.3 is 15.4 Å². The molecule has 7 heteroatoms. The quantitative estimate of drug-likeness (QED) is 0.390. The average Bonchev–Trinajstić information content (AvgIpc) is 2.60. The molecule has 26 heavy (non-hydrogen) atoms. The van der Waals surface area contributed by atoms with Crippen molar-refractivity contribution < 1.29 is 9.13 Å². The van der Waals surface area contributed by atoms with Gasteiger partial charge in [-0.05, 0) is 30.5 Å². The van der Waals surface area contributed by atoms with Gasteiger partial charge in [0.25, 0.3) is 0 Å². The Morgan fingerprint density at radius 3 is 2.46 bits per heavy atom. The molecule has 1 aromatic rings. The van der Waals surface area contributed by atoms with Crippen molar-refractivity contribution in [2.75, 3.05) is 39.9 Å². The molecule has 0 bridgehead atoms. The predicted molar refractivity (Wildman–Crippen MR) is 114 cm³/mol. The number of hydrogen-bond acceptors (Lipinski definition) is 3. The van der Waals surface area contributed by atoms with E-state index in [1.54, 1.807) is 0 Å². The van der Waals surface area contributed by atoms with Crippen molar-refractivity contribution in [3.05, 3.63) is 35.6 Å². The third-order valence-electron chi connectivity index (χ3n) is 5.06. The first kappa shape index (κ1) is 21.4. The van der Waals surface area contributed by atoms with E-state index < -0.39 is 0 Å². The molecule has 3 rings (SSSR count). The van der Waals surface area contributed by atoms with Crippen molar-refractivity contribution in [3.8, 4) is 0 Å². The third kappa shape index (κ3) is 6.06. The van der Waals surface area contributed by atoms with Crippen LogP contribution in [0.2, 0.25) is 0 Å². The summed E-state index contributed by atoms with van der Waals surface area (Å²) in [7, 11) is 1.82. The second-order valence-corrected chi connectivity index (χ2v) is 7.55. The van der Waals surface area contributed by atoms with Gasteiger partial charge in [-0.2, -0.15) is 0 Å². The molecule has 2 aliphatic rings. The second-order valence-electron chi connectivity index (χ2n) is 7.55. The standard InChI is InChI=1S/C19H29FN4O.HI/c1-19(13-25-14-19)12-22-18(21-2)23-17-7-9-24(10-8-17)11-15-3-5-16(20)6-4-15;/h3-6,17H,7-14H2,1-2H3,(H2,21,22,23);1H. The van der Waals surface area contributed by atoms with Crippen molar-refractivity contribution >= 4 is 29.9 Å². The number of piperidine rings is 1. The largest absolute Gasteiger partial charge is 0.380 e. The fraction of sp³-hybridized carbons (Fsp3) is 0.632. The van der Waals surface area contributed by atoms with Crippen LogP contribution in [0, 0.1) is 11.2 Å². The van der Waals surface area contributed by atoms with E-state index in [-0.39, 0.29) is 35.2 Å². The highest BCUT2D eigenvalue weighted by molar-refractivity contribution is 14.0. The van der Waals surface area contributed by atoms with Crippen LogP contribution in [0.3, 0.4) is 0 Å². The minimum Gasteiger partial charge on any atom is -0.380 e. The number of hydrogen-bond donors (Lipinski definition) is 2. The highest BCUT2D eigenvalue weighted by Crippen LogP contribution is 2.25. The first-order valence-corrected chi connectivity index (χ1v) is 9.08. The van der Waals surface area contributed by atoms with Crippen LogP contribution >= 0.6 is 24.0 Å². The predicted octanol–water partition coefficient (Wildman–Crippen LogP) is 2.61. The molecule has 0 aliphatic carbocycles. The van der Waals surface area contributed by atoms with Crippen LogP contribution in [0.4, 0.5) is 4.39 Å². The average molecular weight is 476 g/mol. The zero-order valence-corrected chi connectivity index (χ0v) is 18.0. The first-order chi connectivity index (χ1) is 12.1. The lowest BCUT2D eigenvalue weighted by molar-refractivity contribution is -0.0971. The molecule has 2 aliphatic heterocycles. The molecule has 0 spiro atoms. The van der Waals surface area contributed by atoms with Gasteiger partial charge in [-0.1, -0.05) is 19.1 Å². The zero-order chi connectivity index (χ0) is 17.7. The van der Waals surface area contributed by atoms with E-state index in [4.69, 9.17) is 4.74 Å². The maximum absolute atomic E-state index is 13.0. The van der Waals surface area contributed by atoms with Crippen LogP contribution in [-0.2, 0) is 11.3 Å². The highest BCUT2D eigenvalue weighted by atomic mass is 127. The Labute approximate surface area is 172 Å². The minimum absolute atomic E-state index is 0. The molecule has 146 valence electrons. The summed E-state index contributed by atoms with van der Waals surface area (Å²) in [6.07, 6.45) is 2.17. The maximum atomic E-state index is 13.0. The number of nitrogens with one attached hydrogen (secondary N) is 2. The number of ether oxygens (including phenoxy) is 1. The lowest BCUT2D eigenvalue weighted by Crippen LogP contribution is -2.53. The monoisotopic (exact) mass is 476 g/mol. The summed E-state index contributed by atoms with van der Waals surface area (Å²) in [6.45, 7) is 7.71. The SMILES string of the molecule is CN=C(NCC1(C)COC1)NC1CCN(Cc2ccc(F)cc2)CC1.I. The van der Waals surface area contributed by atoms with Gasteiger partial charge in [0.05, 0.1) is 13.2 Å². The van der Waals surface area contributed by atoms with E-state index in [2.05, 4.69) is 27.4 Å². The summed E-state index contributed by atoms with van der Waals surface area (Å²) < 4.78 is 18.3. The molecule has 2 heterocycles. The van der Waals surface area contributed by atoms with E-state index in [0.717, 1.165) is 58.2 Å². The van der Waals surface area contributed by atoms with Crippen LogP contribution in [0.1, 0.15) is 25.3 Å². The van der Waals surface area contributed by atoms with Crippen LogP contribution in [0.25, 0.3) is 0 Å². The number of nitrogens with zero attached hydrogens (tertiary/aromatic N) is 2. The van der Waals surface area contributed by atoms with Gasteiger partial charge in [-0.15, -0.1) is 24.0 Å². The Bertz CT molecular complexity index is 584. The van der Waals surface area contributed by atoms with Crippen molar-refractivity contribution in [1.29, 1.82) is 0 Å². The van der Waals surface area contributed by atoms with Gasteiger partial charge in [-0.25, -0.2) is 4.39 Å². The zero-order valence-electron chi connectivity index (χ0n) is 15.6. The molecular weight excluding hydrogens is 446 g/mol. The van der Waals surface area contributed by atoms with Gasteiger partial charge in [0.2, 0.25) is 0 Å². The van der Waals surface area contributed by atoms with Gasteiger partial charge in [0.15, 0.2) is 5.96 Å². The lowest BCUT2D eigenvalue weighted by atomic mass is 9.89. The summed E-state index contributed by atoms with van der Waals surface area (Å²) >= 11 is 0. The molecule has 1 aromatic carbocycles. The first-order valence-electron chi connectivity index (χ1n) is 9.08. The van der Waals surface area contributed by atoms with E-state index in [1.807, 2.05) is 19.2 Å². The molecule has 0 saturated carbocycles. The van der Waals surface area contributed by atoms with Crippen LogP contribution in [0.5, 0.6) is 0 Å². The molecule has 0 unspecified atom stereocenters. The summed E-state index contributed by atoms with van der Waals surface area (Å²) in [6, 6.07) is 7.26. The third-order valence-corrected chi connectivity index (χ3v) is 5.06. The Kier molecular flexibility index (Phi) is 8.09. The Balaban J connectivity index is 0.00000243. The Morgan fingerprint density at radius 1 is 1.27 bits per heavy atom. The van der Waals surface area contributed by atoms with Gasteiger partial charge in [0, 0.05) is 44.7 Å². The fourth-order valence-corrected chi connectivity index (χ4v) is 3.32. The van der Waals surface area contributed by atoms with Crippen molar-refractivity contribution in [2.45, 2.75) is 32.4 Å². The molecule has 2 fully saturated rings. The number of halogens is 2. The summed E-state index contributed by atoms with van der Waals surface area (Å²) in [5.74, 6) is 0.706. The number of rotatable bonds is 5. The van der Waals surface area contributed by atoms with Crippen LogP contribution < -0.4 is 10.6 Å². The van der Waals surface area contributed by atoms with Gasteiger partial charge in [-0.3, -0.25) is 9.89 Å². The smallest absolute Gasteiger partial charge is 0.191 e. The molecule has 0 amide bonds. The summed E-state index contributed by atoms with van der Waals surface area (Å²) in [4.78, 5) is 6.77. The molecule has 2 N–H and O–H groups in total. The van der Waals surface area contributed by atoms with E-state index in [9.17, 15) is 4.39 Å². The van der Waals surface area contributed by atoms with E-state index in [1.165, 1.54) is 17.7 Å². The van der Waals surface area contributed by atoms with Gasteiger partial charge in [0.1, 0.15) is 5.82 Å². The number of likely N-dealkylation sites (tertiary alicyclic amines) is 1. The second kappa shape index (κ2) is 9.85. The van der Waals surface area contributed by atoms with E-state index >= 15 is 0 Å². The minimum atomic E-state index is -0.173. The Morgan fingerprint density at radius 2 is 1.92 bits per heavy atom. The molecule has 0 atom stereocenters. The molecular formula is C19H30FIN4O. The molecule has 2 saturated heterocycles. The van der Waals surface area contributed by atoms with Crippen molar-refractivity contribution in [1.82, 2.24) is 15.5 Å².